The third kappa shape index (κ3) is 3.79. The first-order chi connectivity index (χ1) is 7.26. The summed E-state index contributed by atoms with van der Waals surface area (Å²) in [7, 11) is 0. The lowest BCUT2D eigenvalue weighted by Gasteiger charge is -2.08. The minimum Gasteiger partial charge on any atom is -0.359 e. The summed E-state index contributed by atoms with van der Waals surface area (Å²) in [6.45, 7) is 4.19. The van der Waals surface area contributed by atoms with Gasteiger partial charge in [-0.3, -0.25) is 0 Å². The molecule has 0 aliphatic heterocycles. The van der Waals surface area contributed by atoms with Crippen LogP contribution in [0.5, 0.6) is 0 Å². The number of hydrogen-bond donors (Lipinski definition) is 2. The molecular formula is C11H11N3S. The molecule has 0 amide bonds. The van der Waals surface area contributed by atoms with Gasteiger partial charge in [0.15, 0.2) is 5.11 Å². The van der Waals surface area contributed by atoms with Gasteiger partial charge in [-0.15, -0.1) is 6.58 Å². The predicted molar refractivity (Wildman–Crippen MR) is 65.6 cm³/mol. The van der Waals surface area contributed by atoms with Gasteiger partial charge in [-0.05, 0) is 30.4 Å². The SMILES string of the molecule is C=CCNC(=S)Nc1cccc(C#N)c1. The van der Waals surface area contributed by atoms with E-state index in [4.69, 9.17) is 17.5 Å². The van der Waals surface area contributed by atoms with Gasteiger partial charge in [0.25, 0.3) is 0 Å². The van der Waals surface area contributed by atoms with Crippen molar-refractivity contribution in [2.75, 3.05) is 11.9 Å². The van der Waals surface area contributed by atoms with Crippen LogP contribution in [0.1, 0.15) is 5.56 Å². The minimum atomic E-state index is 0.519. The second kappa shape index (κ2) is 5.78. The van der Waals surface area contributed by atoms with Crippen LogP contribution in [-0.4, -0.2) is 11.7 Å². The number of rotatable bonds is 3. The third-order valence-corrected chi connectivity index (χ3v) is 1.90. The fourth-order valence-electron chi connectivity index (χ4n) is 1.01. The maximum Gasteiger partial charge on any atom is 0.171 e. The molecule has 0 atom stereocenters. The molecule has 1 rings (SSSR count). The lowest BCUT2D eigenvalue weighted by molar-refractivity contribution is 1.06. The molecule has 0 saturated heterocycles. The Kier molecular flexibility index (Phi) is 4.32. The van der Waals surface area contributed by atoms with Gasteiger partial charge in [0, 0.05) is 12.2 Å². The highest BCUT2D eigenvalue weighted by Gasteiger charge is 1.96. The Bertz CT molecular complexity index is 407. The molecule has 0 unspecified atom stereocenters. The molecule has 0 saturated carbocycles. The Morgan fingerprint density at radius 3 is 3.07 bits per heavy atom. The topological polar surface area (TPSA) is 47.8 Å². The van der Waals surface area contributed by atoms with Crippen molar-refractivity contribution < 1.29 is 0 Å². The van der Waals surface area contributed by atoms with E-state index in [-0.39, 0.29) is 0 Å². The molecule has 1 aromatic rings. The molecule has 0 bridgehead atoms. The molecule has 76 valence electrons. The first-order valence-corrected chi connectivity index (χ1v) is 4.83. The van der Waals surface area contributed by atoms with Gasteiger partial charge in [-0.25, -0.2) is 0 Å². The van der Waals surface area contributed by atoms with E-state index in [9.17, 15) is 0 Å². The van der Waals surface area contributed by atoms with E-state index >= 15 is 0 Å². The van der Waals surface area contributed by atoms with Crippen molar-refractivity contribution in [2.24, 2.45) is 0 Å². The van der Waals surface area contributed by atoms with Crippen molar-refractivity contribution in [1.82, 2.24) is 5.32 Å². The fraction of sp³-hybridized carbons (Fsp3) is 0.0909. The second-order valence-electron chi connectivity index (χ2n) is 2.82. The van der Waals surface area contributed by atoms with Crippen molar-refractivity contribution in [3.63, 3.8) is 0 Å². The number of hydrogen-bond acceptors (Lipinski definition) is 2. The Morgan fingerprint density at radius 1 is 1.60 bits per heavy atom. The smallest absolute Gasteiger partial charge is 0.171 e. The monoisotopic (exact) mass is 217 g/mol. The highest BCUT2D eigenvalue weighted by molar-refractivity contribution is 7.80. The lowest BCUT2D eigenvalue weighted by atomic mass is 10.2. The summed E-state index contributed by atoms with van der Waals surface area (Å²) in [6, 6.07) is 9.20. The van der Waals surface area contributed by atoms with Crippen LogP contribution in [0.25, 0.3) is 0 Å². The van der Waals surface area contributed by atoms with E-state index in [1.54, 1.807) is 24.3 Å². The van der Waals surface area contributed by atoms with Crippen LogP contribution in [0.4, 0.5) is 5.69 Å². The standard InChI is InChI=1S/C11H11N3S/c1-2-6-13-11(15)14-10-5-3-4-9(7-10)8-12/h2-5,7H,1,6H2,(H2,13,14,15). The average Bonchev–Trinajstić information content (AvgIpc) is 2.26. The zero-order valence-corrected chi connectivity index (χ0v) is 8.97. The minimum absolute atomic E-state index is 0.519. The largest absolute Gasteiger partial charge is 0.359 e. The maximum absolute atomic E-state index is 8.70. The Morgan fingerprint density at radius 2 is 2.40 bits per heavy atom. The molecule has 15 heavy (non-hydrogen) atoms. The van der Waals surface area contributed by atoms with Crippen LogP contribution in [0.15, 0.2) is 36.9 Å². The summed E-state index contributed by atoms with van der Waals surface area (Å²) < 4.78 is 0. The molecule has 2 N–H and O–H groups in total. The number of thiocarbonyl (C=S) groups is 1. The van der Waals surface area contributed by atoms with E-state index in [0.29, 0.717) is 17.2 Å². The van der Waals surface area contributed by atoms with Gasteiger partial charge in [-0.1, -0.05) is 12.1 Å². The molecule has 0 aliphatic carbocycles. The molecule has 0 aliphatic rings. The van der Waals surface area contributed by atoms with Crippen molar-refractivity contribution in [3.8, 4) is 6.07 Å². The predicted octanol–water partition coefficient (Wildman–Crippen LogP) is 2.03. The Hall–Kier alpha value is -1.86. The van der Waals surface area contributed by atoms with Crippen molar-refractivity contribution in [1.29, 1.82) is 5.26 Å². The number of nitriles is 1. The maximum atomic E-state index is 8.70. The molecular weight excluding hydrogens is 206 g/mol. The van der Waals surface area contributed by atoms with Crippen LogP contribution < -0.4 is 10.6 Å². The number of nitrogens with one attached hydrogen (secondary N) is 2. The van der Waals surface area contributed by atoms with Crippen LogP contribution in [0.2, 0.25) is 0 Å². The highest BCUT2D eigenvalue weighted by Crippen LogP contribution is 2.09. The van der Waals surface area contributed by atoms with Crippen LogP contribution in [-0.2, 0) is 0 Å². The van der Waals surface area contributed by atoms with E-state index in [1.165, 1.54) is 0 Å². The van der Waals surface area contributed by atoms with Gasteiger partial charge in [-0.2, -0.15) is 5.26 Å². The first-order valence-electron chi connectivity index (χ1n) is 4.42. The van der Waals surface area contributed by atoms with E-state index in [2.05, 4.69) is 23.3 Å². The molecule has 0 spiro atoms. The van der Waals surface area contributed by atoms with Crippen molar-refractivity contribution in [2.45, 2.75) is 0 Å². The van der Waals surface area contributed by atoms with Gasteiger partial charge in [0.2, 0.25) is 0 Å². The Labute approximate surface area is 94.4 Å². The van der Waals surface area contributed by atoms with E-state index in [0.717, 1.165) is 5.69 Å². The zero-order valence-electron chi connectivity index (χ0n) is 8.16. The molecule has 4 heteroatoms. The molecule has 3 nitrogen and oxygen atoms in total. The summed E-state index contributed by atoms with van der Waals surface area (Å²) in [5, 5.41) is 15.1. The average molecular weight is 217 g/mol. The summed E-state index contributed by atoms with van der Waals surface area (Å²) in [6.07, 6.45) is 1.72. The van der Waals surface area contributed by atoms with Crippen LogP contribution in [0.3, 0.4) is 0 Å². The molecule has 0 fully saturated rings. The van der Waals surface area contributed by atoms with Gasteiger partial charge in [0.1, 0.15) is 0 Å². The Balaban J connectivity index is 2.60. The lowest BCUT2D eigenvalue weighted by Crippen LogP contribution is -2.28. The number of nitrogens with zero attached hydrogens (tertiary/aromatic N) is 1. The normalized spacial score (nSPS) is 8.73. The van der Waals surface area contributed by atoms with Crippen molar-refractivity contribution in [3.05, 3.63) is 42.5 Å². The van der Waals surface area contributed by atoms with Crippen molar-refractivity contribution >= 4 is 23.0 Å². The molecule has 0 aromatic heterocycles. The van der Waals surface area contributed by atoms with Gasteiger partial charge in [0.05, 0.1) is 11.6 Å². The van der Waals surface area contributed by atoms with Crippen LogP contribution in [0, 0.1) is 11.3 Å². The quantitative estimate of drug-likeness (QED) is 0.601. The van der Waals surface area contributed by atoms with E-state index < -0.39 is 0 Å². The third-order valence-electron chi connectivity index (χ3n) is 1.66. The van der Waals surface area contributed by atoms with Gasteiger partial charge >= 0.3 is 0 Å². The van der Waals surface area contributed by atoms with E-state index in [1.807, 2.05) is 6.07 Å². The molecule has 1 aromatic carbocycles. The zero-order chi connectivity index (χ0) is 11.1. The summed E-state index contributed by atoms with van der Waals surface area (Å²) in [5.41, 5.74) is 1.40. The fourth-order valence-corrected chi connectivity index (χ4v) is 1.21. The summed E-state index contributed by atoms with van der Waals surface area (Å²) in [4.78, 5) is 0. The number of benzene rings is 1. The second-order valence-corrected chi connectivity index (χ2v) is 3.22. The number of anilines is 1. The van der Waals surface area contributed by atoms with Gasteiger partial charge < -0.3 is 10.6 Å². The first kappa shape index (κ1) is 11.2. The molecule has 0 heterocycles. The summed E-state index contributed by atoms with van der Waals surface area (Å²) >= 11 is 5.03. The molecule has 0 radical (unpaired) electrons. The van der Waals surface area contributed by atoms with Crippen LogP contribution >= 0.6 is 12.2 Å². The highest BCUT2D eigenvalue weighted by atomic mass is 32.1. The summed E-state index contributed by atoms with van der Waals surface area (Å²) in [5.74, 6) is 0.